The van der Waals surface area contributed by atoms with Crippen LogP contribution in [0.1, 0.15) is 15.9 Å². The quantitative estimate of drug-likeness (QED) is 0.400. The summed E-state index contributed by atoms with van der Waals surface area (Å²) >= 11 is 13.7. The Morgan fingerprint density at radius 1 is 1.04 bits per heavy atom. The lowest BCUT2D eigenvalue weighted by atomic mass is 10.1. The largest absolute Gasteiger partial charge is 0.322 e. The molecule has 1 N–H and O–H groups in total. The molecule has 2 aromatic heterocycles. The van der Waals surface area contributed by atoms with Crippen molar-refractivity contribution in [1.82, 2.24) is 4.98 Å². The van der Waals surface area contributed by atoms with Crippen molar-refractivity contribution in [2.75, 3.05) is 5.32 Å². The predicted octanol–water partition coefficient (Wildman–Crippen LogP) is 6.83. The van der Waals surface area contributed by atoms with Crippen molar-refractivity contribution >= 4 is 57.0 Å². The molecule has 4 rings (SSSR count). The molecule has 1 amide bonds. The monoisotopic (exact) mass is 412 g/mol. The molecule has 0 aliphatic rings. The first-order chi connectivity index (χ1) is 13.0. The van der Waals surface area contributed by atoms with Crippen LogP contribution >= 0.6 is 34.5 Å². The SMILES string of the molecule is Cc1ccc(NC(=O)c2cc(-c3ccc(Cl)s3)nc3ccccc23)cc1Cl. The van der Waals surface area contributed by atoms with Crippen LogP contribution in [0.25, 0.3) is 21.5 Å². The number of carbonyl (C=O) groups is 1. The predicted molar refractivity (Wildman–Crippen MR) is 114 cm³/mol. The van der Waals surface area contributed by atoms with E-state index in [2.05, 4.69) is 10.3 Å². The van der Waals surface area contributed by atoms with Crippen LogP contribution in [0.4, 0.5) is 5.69 Å². The Morgan fingerprint density at radius 3 is 2.59 bits per heavy atom. The fourth-order valence-corrected chi connectivity index (χ4v) is 3.99. The van der Waals surface area contributed by atoms with E-state index >= 15 is 0 Å². The van der Waals surface area contributed by atoms with Gasteiger partial charge in [-0.25, -0.2) is 4.98 Å². The number of fused-ring (bicyclic) bond motifs is 1. The smallest absolute Gasteiger partial charge is 0.256 e. The first-order valence-corrected chi connectivity index (χ1v) is 9.81. The number of para-hydroxylation sites is 1. The molecular formula is C21H14Cl2N2OS. The Labute approximate surface area is 170 Å². The normalized spacial score (nSPS) is 10.9. The summed E-state index contributed by atoms with van der Waals surface area (Å²) in [5.41, 5.74) is 3.64. The summed E-state index contributed by atoms with van der Waals surface area (Å²) in [4.78, 5) is 18.6. The third-order valence-corrected chi connectivity index (χ3v) is 5.88. The molecule has 2 aromatic carbocycles. The zero-order valence-electron chi connectivity index (χ0n) is 14.3. The molecule has 3 nitrogen and oxygen atoms in total. The van der Waals surface area contributed by atoms with Crippen LogP contribution < -0.4 is 5.32 Å². The van der Waals surface area contributed by atoms with Gasteiger partial charge in [0.1, 0.15) is 0 Å². The molecule has 0 radical (unpaired) electrons. The second-order valence-corrected chi connectivity index (χ2v) is 8.22. The maximum absolute atomic E-state index is 13.0. The van der Waals surface area contributed by atoms with Crippen LogP contribution in [-0.4, -0.2) is 10.9 Å². The summed E-state index contributed by atoms with van der Waals surface area (Å²) in [5.74, 6) is -0.211. The van der Waals surface area contributed by atoms with Gasteiger partial charge < -0.3 is 5.32 Å². The van der Waals surface area contributed by atoms with Gasteiger partial charge in [0.15, 0.2) is 0 Å². The minimum Gasteiger partial charge on any atom is -0.322 e. The highest BCUT2D eigenvalue weighted by atomic mass is 35.5. The Bertz CT molecular complexity index is 1170. The van der Waals surface area contributed by atoms with Crippen LogP contribution in [0.3, 0.4) is 0 Å². The number of anilines is 1. The summed E-state index contributed by atoms with van der Waals surface area (Å²) in [5, 5.41) is 4.33. The third-order valence-electron chi connectivity index (χ3n) is 4.22. The highest BCUT2D eigenvalue weighted by Crippen LogP contribution is 2.32. The van der Waals surface area contributed by atoms with Crippen LogP contribution in [0.2, 0.25) is 9.36 Å². The van der Waals surface area contributed by atoms with Gasteiger partial charge in [-0.15, -0.1) is 11.3 Å². The first-order valence-electron chi connectivity index (χ1n) is 8.24. The Morgan fingerprint density at radius 2 is 1.85 bits per heavy atom. The number of nitrogens with one attached hydrogen (secondary N) is 1. The highest BCUT2D eigenvalue weighted by molar-refractivity contribution is 7.19. The Kier molecular flexibility index (Phi) is 4.87. The molecule has 0 unspecified atom stereocenters. The van der Waals surface area contributed by atoms with Gasteiger partial charge in [0, 0.05) is 16.1 Å². The number of aryl methyl sites for hydroxylation is 1. The molecule has 0 atom stereocenters. The lowest BCUT2D eigenvalue weighted by molar-refractivity contribution is 0.102. The highest BCUT2D eigenvalue weighted by Gasteiger charge is 2.15. The number of hydrogen-bond acceptors (Lipinski definition) is 3. The molecule has 4 aromatic rings. The third kappa shape index (κ3) is 3.69. The van der Waals surface area contributed by atoms with Crippen molar-refractivity contribution in [3.05, 3.63) is 81.1 Å². The van der Waals surface area contributed by atoms with Crippen LogP contribution in [0.5, 0.6) is 0 Å². The van der Waals surface area contributed by atoms with E-state index in [9.17, 15) is 4.79 Å². The standard InChI is InChI=1S/C21H14Cl2N2OS/c1-12-6-7-13(10-16(12)22)24-21(26)15-11-18(19-8-9-20(23)27-19)25-17-5-3-2-4-14(15)17/h2-11H,1H3,(H,24,26). The zero-order valence-corrected chi connectivity index (χ0v) is 16.6. The molecular weight excluding hydrogens is 399 g/mol. The van der Waals surface area contributed by atoms with Gasteiger partial charge in [0.25, 0.3) is 5.91 Å². The van der Waals surface area contributed by atoms with Gasteiger partial charge in [-0.3, -0.25) is 4.79 Å². The van der Waals surface area contributed by atoms with Crippen LogP contribution in [-0.2, 0) is 0 Å². The van der Waals surface area contributed by atoms with E-state index in [4.69, 9.17) is 23.2 Å². The van der Waals surface area contributed by atoms with Gasteiger partial charge in [0.2, 0.25) is 0 Å². The van der Waals surface area contributed by atoms with E-state index < -0.39 is 0 Å². The summed E-state index contributed by atoms with van der Waals surface area (Å²) in [6, 6.07) is 18.6. The van der Waals surface area contributed by atoms with Crippen LogP contribution in [0, 0.1) is 6.92 Å². The zero-order chi connectivity index (χ0) is 19.0. The van der Waals surface area contributed by atoms with Gasteiger partial charge in [-0.05, 0) is 48.9 Å². The van der Waals surface area contributed by atoms with Crippen molar-refractivity contribution in [2.45, 2.75) is 6.92 Å². The number of carbonyl (C=O) groups excluding carboxylic acids is 1. The molecule has 0 bridgehead atoms. The second-order valence-electron chi connectivity index (χ2n) is 6.09. The fourth-order valence-electron chi connectivity index (χ4n) is 2.81. The molecule has 134 valence electrons. The van der Waals surface area contributed by atoms with E-state index in [-0.39, 0.29) is 5.91 Å². The molecule has 0 aliphatic carbocycles. The number of rotatable bonds is 3. The van der Waals surface area contributed by atoms with Gasteiger partial charge in [-0.1, -0.05) is 47.5 Å². The molecule has 6 heteroatoms. The maximum Gasteiger partial charge on any atom is 0.256 e. The lowest BCUT2D eigenvalue weighted by Crippen LogP contribution is -2.13. The van der Waals surface area contributed by atoms with E-state index in [0.717, 1.165) is 27.0 Å². The van der Waals surface area contributed by atoms with E-state index in [1.165, 1.54) is 11.3 Å². The maximum atomic E-state index is 13.0. The van der Waals surface area contributed by atoms with E-state index in [1.54, 1.807) is 12.1 Å². The number of nitrogens with zero attached hydrogens (tertiary/aromatic N) is 1. The van der Waals surface area contributed by atoms with Gasteiger partial charge in [0.05, 0.1) is 26.0 Å². The minimum absolute atomic E-state index is 0.211. The lowest BCUT2D eigenvalue weighted by Gasteiger charge is -2.11. The molecule has 0 spiro atoms. The van der Waals surface area contributed by atoms with Crippen molar-refractivity contribution < 1.29 is 4.79 Å². The van der Waals surface area contributed by atoms with E-state index in [1.807, 2.05) is 55.5 Å². The number of aromatic nitrogens is 1. The average Bonchev–Trinajstić information content (AvgIpc) is 3.10. The molecule has 0 saturated carbocycles. The minimum atomic E-state index is -0.211. The molecule has 0 saturated heterocycles. The van der Waals surface area contributed by atoms with Crippen LogP contribution in [0.15, 0.2) is 60.7 Å². The van der Waals surface area contributed by atoms with Gasteiger partial charge >= 0.3 is 0 Å². The summed E-state index contributed by atoms with van der Waals surface area (Å²) in [6.45, 7) is 1.92. The van der Waals surface area contributed by atoms with Crippen molar-refractivity contribution in [3.63, 3.8) is 0 Å². The van der Waals surface area contributed by atoms with E-state index in [0.29, 0.717) is 20.6 Å². The molecule has 2 heterocycles. The number of thiophene rings is 1. The second kappa shape index (κ2) is 7.31. The summed E-state index contributed by atoms with van der Waals surface area (Å²) in [6.07, 6.45) is 0. The number of amides is 1. The van der Waals surface area contributed by atoms with Crippen molar-refractivity contribution in [2.24, 2.45) is 0 Å². The Hall–Kier alpha value is -2.40. The fraction of sp³-hybridized carbons (Fsp3) is 0.0476. The van der Waals surface area contributed by atoms with Crippen molar-refractivity contribution in [1.29, 1.82) is 0 Å². The Balaban J connectivity index is 1.79. The molecule has 0 fully saturated rings. The summed E-state index contributed by atoms with van der Waals surface area (Å²) < 4.78 is 0.681. The summed E-state index contributed by atoms with van der Waals surface area (Å²) in [7, 11) is 0. The molecule has 27 heavy (non-hydrogen) atoms. The van der Waals surface area contributed by atoms with Gasteiger partial charge in [-0.2, -0.15) is 0 Å². The topological polar surface area (TPSA) is 42.0 Å². The average molecular weight is 413 g/mol. The number of hydrogen-bond donors (Lipinski definition) is 1. The number of benzene rings is 2. The molecule has 0 aliphatic heterocycles. The first kappa shape index (κ1) is 18.0. The number of halogens is 2. The van der Waals surface area contributed by atoms with Crippen molar-refractivity contribution in [3.8, 4) is 10.6 Å². The number of pyridine rings is 1.